The van der Waals surface area contributed by atoms with Crippen LogP contribution in [0.5, 0.6) is 5.75 Å². The van der Waals surface area contributed by atoms with Gasteiger partial charge in [0, 0.05) is 5.02 Å². The molecule has 3 aromatic rings. The van der Waals surface area contributed by atoms with Crippen LogP contribution in [-0.2, 0) is 6.61 Å². The van der Waals surface area contributed by atoms with Gasteiger partial charge in [-0.05, 0) is 36.4 Å². The third kappa shape index (κ3) is 2.48. The van der Waals surface area contributed by atoms with Crippen molar-refractivity contribution in [1.82, 2.24) is 4.98 Å². The molecule has 0 saturated carbocycles. The first-order valence-electron chi connectivity index (χ1n) is 5.74. The molecule has 4 nitrogen and oxygen atoms in total. The Kier molecular flexibility index (Phi) is 3.01. The molecule has 0 aliphatic heterocycles. The van der Waals surface area contributed by atoms with E-state index in [0.29, 0.717) is 33.4 Å². The van der Waals surface area contributed by atoms with Crippen LogP contribution < -0.4 is 10.5 Å². The normalized spacial score (nSPS) is 10.8. The van der Waals surface area contributed by atoms with Gasteiger partial charge in [-0.3, -0.25) is 0 Å². The molecule has 0 unspecified atom stereocenters. The first kappa shape index (κ1) is 11.9. The lowest BCUT2D eigenvalue weighted by Crippen LogP contribution is -1.95. The van der Waals surface area contributed by atoms with Crippen molar-refractivity contribution in [3.05, 3.63) is 53.4 Å². The summed E-state index contributed by atoms with van der Waals surface area (Å²) in [7, 11) is 0. The van der Waals surface area contributed by atoms with Crippen LogP contribution in [0.2, 0.25) is 5.02 Å². The lowest BCUT2D eigenvalue weighted by Gasteiger charge is -2.02. The Hall–Kier alpha value is -2.20. The Morgan fingerprint density at radius 2 is 1.95 bits per heavy atom. The molecule has 19 heavy (non-hydrogen) atoms. The van der Waals surface area contributed by atoms with Crippen LogP contribution in [0.1, 0.15) is 5.89 Å². The number of nitrogen functional groups attached to an aromatic ring is 1. The van der Waals surface area contributed by atoms with Crippen LogP contribution in [0.25, 0.3) is 11.1 Å². The second-order valence-electron chi connectivity index (χ2n) is 4.04. The Balaban J connectivity index is 1.78. The minimum atomic E-state index is 0.246. The first-order chi connectivity index (χ1) is 9.22. The number of rotatable bonds is 3. The van der Waals surface area contributed by atoms with Gasteiger partial charge in [0.25, 0.3) is 0 Å². The van der Waals surface area contributed by atoms with E-state index < -0.39 is 0 Å². The Bertz CT molecular complexity index is 707. The van der Waals surface area contributed by atoms with Gasteiger partial charge in [-0.2, -0.15) is 0 Å². The maximum Gasteiger partial charge on any atom is 0.233 e. The fourth-order valence-corrected chi connectivity index (χ4v) is 1.88. The van der Waals surface area contributed by atoms with E-state index >= 15 is 0 Å². The molecule has 2 aromatic carbocycles. The fourth-order valence-electron chi connectivity index (χ4n) is 1.75. The second-order valence-corrected chi connectivity index (χ2v) is 4.48. The number of halogens is 1. The summed E-state index contributed by atoms with van der Waals surface area (Å²) in [4.78, 5) is 4.30. The van der Waals surface area contributed by atoms with Crippen molar-refractivity contribution in [3.63, 3.8) is 0 Å². The Morgan fingerprint density at radius 1 is 1.16 bits per heavy atom. The number of oxazole rings is 1. The summed E-state index contributed by atoms with van der Waals surface area (Å²) < 4.78 is 11.1. The maximum absolute atomic E-state index is 5.82. The summed E-state index contributed by atoms with van der Waals surface area (Å²) in [6.45, 7) is 0.246. The number of anilines is 1. The first-order valence-corrected chi connectivity index (χ1v) is 6.12. The molecule has 1 heterocycles. The third-order valence-electron chi connectivity index (χ3n) is 2.67. The molecular weight excluding hydrogens is 264 g/mol. The van der Waals surface area contributed by atoms with Gasteiger partial charge in [-0.1, -0.05) is 17.7 Å². The minimum absolute atomic E-state index is 0.246. The quantitative estimate of drug-likeness (QED) is 0.741. The largest absolute Gasteiger partial charge is 0.484 e. The van der Waals surface area contributed by atoms with Gasteiger partial charge >= 0.3 is 0 Å². The average molecular weight is 275 g/mol. The third-order valence-corrected chi connectivity index (χ3v) is 2.92. The summed E-state index contributed by atoms with van der Waals surface area (Å²) in [5, 5.41) is 0.669. The van der Waals surface area contributed by atoms with Gasteiger partial charge in [0.05, 0.1) is 5.69 Å². The maximum atomic E-state index is 5.82. The molecule has 96 valence electrons. The molecule has 5 heteroatoms. The van der Waals surface area contributed by atoms with E-state index in [1.807, 2.05) is 12.1 Å². The summed E-state index contributed by atoms with van der Waals surface area (Å²) in [5.74, 6) is 1.20. The SMILES string of the molecule is Nc1cccc2oc(COc3ccc(Cl)cc3)nc12. The monoisotopic (exact) mass is 274 g/mol. The summed E-state index contributed by atoms with van der Waals surface area (Å²) in [5.41, 5.74) is 7.74. The molecule has 0 spiro atoms. The van der Waals surface area contributed by atoms with Gasteiger partial charge < -0.3 is 14.9 Å². The van der Waals surface area contributed by atoms with Gasteiger partial charge in [-0.25, -0.2) is 4.98 Å². The minimum Gasteiger partial charge on any atom is -0.484 e. The molecule has 2 N–H and O–H groups in total. The summed E-state index contributed by atoms with van der Waals surface area (Å²) in [6, 6.07) is 12.5. The van der Waals surface area contributed by atoms with E-state index in [1.54, 1.807) is 30.3 Å². The van der Waals surface area contributed by atoms with Crippen LogP contribution in [-0.4, -0.2) is 4.98 Å². The molecule has 1 aromatic heterocycles. The van der Waals surface area contributed by atoms with Crippen molar-refractivity contribution in [2.24, 2.45) is 0 Å². The summed E-state index contributed by atoms with van der Waals surface area (Å²) >= 11 is 5.80. The molecular formula is C14H11ClN2O2. The zero-order valence-corrected chi connectivity index (χ0v) is 10.7. The predicted octanol–water partition coefficient (Wildman–Crippen LogP) is 3.64. The molecule has 0 radical (unpaired) electrons. The van der Waals surface area contributed by atoms with Crippen LogP contribution in [0.3, 0.4) is 0 Å². The summed E-state index contributed by atoms with van der Waals surface area (Å²) in [6.07, 6.45) is 0. The average Bonchev–Trinajstić information content (AvgIpc) is 2.83. The zero-order chi connectivity index (χ0) is 13.2. The van der Waals surface area contributed by atoms with Crippen molar-refractivity contribution < 1.29 is 9.15 Å². The fraction of sp³-hybridized carbons (Fsp3) is 0.0714. The molecule has 3 rings (SSSR count). The number of benzene rings is 2. The van der Waals surface area contributed by atoms with Gasteiger partial charge in [0.2, 0.25) is 5.89 Å². The molecule has 0 fully saturated rings. The number of nitrogens with zero attached hydrogens (tertiary/aromatic N) is 1. The van der Waals surface area contributed by atoms with E-state index in [9.17, 15) is 0 Å². The van der Waals surface area contributed by atoms with Crippen LogP contribution in [0.4, 0.5) is 5.69 Å². The van der Waals surface area contributed by atoms with Gasteiger partial charge in [0.1, 0.15) is 11.3 Å². The lowest BCUT2D eigenvalue weighted by molar-refractivity contribution is 0.267. The van der Waals surface area contributed by atoms with Crippen molar-refractivity contribution in [3.8, 4) is 5.75 Å². The van der Waals surface area contributed by atoms with Crippen LogP contribution >= 0.6 is 11.6 Å². The molecule has 0 aliphatic rings. The van der Waals surface area contributed by atoms with Crippen molar-refractivity contribution in [1.29, 1.82) is 0 Å². The highest BCUT2D eigenvalue weighted by molar-refractivity contribution is 6.30. The number of ether oxygens (including phenoxy) is 1. The standard InChI is InChI=1S/C14H11ClN2O2/c15-9-4-6-10(7-5-9)18-8-13-17-14-11(16)2-1-3-12(14)19-13/h1-7H,8,16H2. The molecule has 0 aliphatic carbocycles. The Labute approximate surface area is 114 Å². The zero-order valence-electron chi connectivity index (χ0n) is 9.97. The van der Waals surface area contributed by atoms with E-state index in [-0.39, 0.29) is 6.61 Å². The van der Waals surface area contributed by atoms with E-state index in [1.165, 1.54) is 0 Å². The topological polar surface area (TPSA) is 61.3 Å². The predicted molar refractivity (Wildman–Crippen MR) is 74.2 cm³/mol. The number of fused-ring (bicyclic) bond motifs is 1. The molecule has 0 amide bonds. The highest BCUT2D eigenvalue weighted by Gasteiger charge is 2.08. The molecule has 0 saturated heterocycles. The molecule has 0 bridgehead atoms. The van der Waals surface area contributed by atoms with Crippen molar-refractivity contribution in [2.75, 3.05) is 5.73 Å². The van der Waals surface area contributed by atoms with Crippen molar-refractivity contribution in [2.45, 2.75) is 6.61 Å². The number of nitrogens with two attached hydrogens (primary N) is 1. The Morgan fingerprint density at radius 3 is 2.68 bits per heavy atom. The highest BCUT2D eigenvalue weighted by atomic mass is 35.5. The lowest BCUT2D eigenvalue weighted by atomic mass is 10.3. The second kappa shape index (κ2) is 4.82. The number of hydrogen-bond acceptors (Lipinski definition) is 4. The number of para-hydroxylation sites is 1. The number of aromatic nitrogens is 1. The van der Waals surface area contributed by atoms with Crippen molar-refractivity contribution >= 4 is 28.4 Å². The van der Waals surface area contributed by atoms with Crippen LogP contribution in [0.15, 0.2) is 46.9 Å². The van der Waals surface area contributed by atoms with Gasteiger partial charge in [-0.15, -0.1) is 0 Å². The van der Waals surface area contributed by atoms with E-state index in [2.05, 4.69) is 4.98 Å². The smallest absolute Gasteiger partial charge is 0.233 e. The number of hydrogen-bond donors (Lipinski definition) is 1. The highest BCUT2D eigenvalue weighted by Crippen LogP contribution is 2.22. The molecule has 0 atom stereocenters. The van der Waals surface area contributed by atoms with E-state index in [4.69, 9.17) is 26.5 Å². The van der Waals surface area contributed by atoms with Crippen LogP contribution in [0, 0.1) is 0 Å². The van der Waals surface area contributed by atoms with Gasteiger partial charge in [0.15, 0.2) is 12.2 Å². The van der Waals surface area contributed by atoms with E-state index in [0.717, 1.165) is 0 Å².